The highest BCUT2D eigenvalue weighted by Gasteiger charge is 2.11. The van der Waals surface area contributed by atoms with Gasteiger partial charge in [-0.3, -0.25) is 4.79 Å². The van der Waals surface area contributed by atoms with Gasteiger partial charge in [0.25, 0.3) is 0 Å². The van der Waals surface area contributed by atoms with E-state index >= 15 is 0 Å². The Hall–Kier alpha value is -1.63. The van der Waals surface area contributed by atoms with Crippen molar-refractivity contribution in [1.29, 1.82) is 0 Å². The maximum absolute atomic E-state index is 11.8. The number of nitrogens with one attached hydrogen (secondary N) is 1. The van der Waals surface area contributed by atoms with E-state index in [1.807, 2.05) is 31.2 Å². The molecule has 1 aromatic heterocycles. The molecule has 22 heavy (non-hydrogen) atoms. The summed E-state index contributed by atoms with van der Waals surface area (Å²) in [6.07, 6.45) is 4.75. The van der Waals surface area contributed by atoms with Gasteiger partial charge in [0.15, 0.2) is 0 Å². The van der Waals surface area contributed by atoms with E-state index in [9.17, 15) is 4.79 Å². The topological polar surface area (TPSA) is 85.8 Å². The predicted octanol–water partition coefficient (Wildman–Crippen LogP) is 2.24. The number of nitrogens with zero attached hydrogens (tertiary/aromatic N) is 3. The fraction of sp³-hybridized carbons (Fsp3) is 0.357. The quantitative estimate of drug-likeness (QED) is 0.840. The summed E-state index contributed by atoms with van der Waals surface area (Å²) in [5, 5.41) is 6.86. The average molecular weight is 346 g/mol. The lowest BCUT2D eigenvalue weighted by atomic mass is 10.1. The van der Waals surface area contributed by atoms with Gasteiger partial charge < -0.3 is 11.1 Å². The molecule has 1 amide bonds. The first-order valence-electron chi connectivity index (χ1n) is 6.67. The van der Waals surface area contributed by atoms with Gasteiger partial charge in [-0.2, -0.15) is 5.10 Å². The molecule has 2 rings (SSSR count). The molecule has 0 aliphatic heterocycles. The van der Waals surface area contributed by atoms with Crippen molar-refractivity contribution in [1.82, 2.24) is 14.8 Å². The Bertz CT molecular complexity index is 545. The molecule has 0 bridgehead atoms. The van der Waals surface area contributed by atoms with Gasteiger partial charge in [-0.05, 0) is 24.1 Å². The zero-order valence-electron chi connectivity index (χ0n) is 12.3. The summed E-state index contributed by atoms with van der Waals surface area (Å²) in [6, 6.07) is 7.17. The summed E-state index contributed by atoms with van der Waals surface area (Å²) in [4.78, 5) is 15.7. The third-order valence-corrected chi connectivity index (χ3v) is 2.97. The average Bonchev–Trinajstić information content (AvgIpc) is 2.94. The van der Waals surface area contributed by atoms with E-state index in [4.69, 9.17) is 5.73 Å². The molecular weight excluding hydrogens is 325 g/mol. The van der Waals surface area contributed by atoms with Crippen LogP contribution in [0.4, 0.5) is 5.69 Å². The number of nitrogens with two attached hydrogens (primary N) is 1. The van der Waals surface area contributed by atoms with Gasteiger partial charge in [0.2, 0.25) is 5.91 Å². The molecule has 1 aromatic carbocycles. The van der Waals surface area contributed by atoms with Crippen LogP contribution in [0.25, 0.3) is 0 Å². The fourth-order valence-corrected chi connectivity index (χ4v) is 1.87. The summed E-state index contributed by atoms with van der Waals surface area (Å²) >= 11 is 0. The molecule has 0 saturated carbocycles. The molecule has 0 spiro atoms. The molecule has 1 heterocycles. The van der Waals surface area contributed by atoms with Gasteiger partial charge in [0.1, 0.15) is 12.7 Å². The molecule has 0 radical (unpaired) electrons. The molecular formula is C14H21Cl2N5O. The van der Waals surface area contributed by atoms with E-state index in [1.54, 1.807) is 11.0 Å². The Morgan fingerprint density at radius 2 is 2.00 bits per heavy atom. The van der Waals surface area contributed by atoms with E-state index < -0.39 is 6.04 Å². The Labute approximate surface area is 142 Å². The van der Waals surface area contributed by atoms with Gasteiger partial charge in [-0.15, -0.1) is 24.8 Å². The van der Waals surface area contributed by atoms with Crippen molar-refractivity contribution >= 4 is 36.4 Å². The van der Waals surface area contributed by atoms with Crippen molar-refractivity contribution in [3.05, 3.63) is 42.5 Å². The predicted molar refractivity (Wildman–Crippen MR) is 91.6 cm³/mol. The Morgan fingerprint density at radius 3 is 2.55 bits per heavy atom. The van der Waals surface area contributed by atoms with Crippen LogP contribution in [-0.4, -0.2) is 26.7 Å². The van der Waals surface area contributed by atoms with Crippen LogP contribution in [0.2, 0.25) is 0 Å². The van der Waals surface area contributed by atoms with Crippen LogP contribution in [0, 0.1) is 0 Å². The zero-order valence-corrected chi connectivity index (χ0v) is 13.9. The van der Waals surface area contributed by atoms with Gasteiger partial charge in [-0.1, -0.05) is 25.5 Å². The number of hydrogen-bond donors (Lipinski definition) is 2. The number of carbonyl (C=O) groups excluding carboxylic acids is 1. The van der Waals surface area contributed by atoms with Crippen LogP contribution >= 0.6 is 24.8 Å². The number of benzene rings is 1. The van der Waals surface area contributed by atoms with Gasteiger partial charge in [-0.25, -0.2) is 9.67 Å². The van der Waals surface area contributed by atoms with Crippen LogP contribution in [0.5, 0.6) is 0 Å². The second-order valence-electron chi connectivity index (χ2n) is 4.67. The van der Waals surface area contributed by atoms with E-state index in [2.05, 4.69) is 15.4 Å². The number of carbonyl (C=O) groups is 1. The van der Waals surface area contributed by atoms with Crippen molar-refractivity contribution in [2.45, 2.75) is 32.4 Å². The molecule has 8 heteroatoms. The first-order valence-corrected chi connectivity index (χ1v) is 6.67. The number of amides is 1. The minimum absolute atomic E-state index is 0. The summed E-state index contributed by atoms with van der Waals surface area (Å²) in [6.45, 7) is 2.66. The largest absolute Gasteiger partial charge is 0.325 e. The van der Waals surface area contributed by atoms with Crippen molar-refractivity contribution in [2.24, 2.45) is 5.73 Å². The van der Waals surface area contributed by atoms with Crippen LogP contribution in [0.1, 0.15) is 25.3 Å². The zero-order chi connectivity index (χ0) is 14.4. The third kappa shape index (κ3) is 6.01. The third-order valence-electron chi connectivity index (χ3n) is 2.97. The molecule has 6 nitrogen and oxygen atoms in total. The molecule has 1 unspecified atom stereocenters. The molecule has 122 valence electrons. The smallest absolute Gasteiger partial charge is 0.241 e. The molecule has 0 saturated heterocycles. The molecule has 0 fully saturated rings. The van der Waals surface area contributed by atoms with E-state index in [-0.39, 0.29) is 30.7 Å². The van der Waals surface area contributed by atoms with Crippen molar-refractivity contribution in [2.75, 3.05) is 5.32 Å². The summed E-state index contributed by atoms with van der Waals surface area (Å²) < 4.78 is 1.74. The minimum Gasteiger partial charge on any atom is -0.325 e. The lowest BCUT2D eigenvalue weighted by Gasteiger charge is -2.11. The van der Waals surface area contributed by atoms with Crippen LogP contribution in [-0.2, 0) is 11.3 Å². The SMILES string of the molecule is CCCC(N)C(=O)Nc1ccc(Cn2cncn2)cc1.Cl.Cl. The Morgan fingerprint density at radius 1 is 1.32 bits per heavy atom. The number of rotatable bonds is 6. The fourth-order valence-electron chi connectivity index (χ4n) is 1.87. The van der Waals surface area contributed by atoms with Crippen molar-refractivity contribution in [3.63, 3.8) is 0 Å². The van der Waals surface area contributed by atoms with E-state index in [0.29, 0.717) is 13.0 Å². The molecule has 1 atom stereocenters. The lowest BCUT2D eigenvalue weighted by molar-refractivity contribution is -0.117. The minimum atomic E-state index is -0.449. The van der Waals surface area contributed by atoms with Crippen molar-refractivity contribution < 1.29 is 4.79 Å². The molecule has 2 aromatic rings. The van der Waals surface area contributed by atoms with Gasteiger partial charge in [0.05, 0.1) is 12.6 Å². The molecule has 3 N–H and O–H groups in total. The highest BCUT2D eigenvalue weighted by molar-refractivity contribution is 5.94. The molecule has 0 aliphatic rings. The Balaban J connectivity index is 0.00000220. The van der Waals surface area contributed by atoms with E-state index in [1.165, 1.54) is 6.33 Å². The van der Waals surface area contributed by atoms with E-state index in [0.717, 1.165) is 17.7 Å². The second-order valence-corrected chi connectivity index (χ2v) is 4.67. The van der Waals surface area contributed by atoms with Crippen molar-refractivity contribution in [3.8, 4) is 0 Å². The maximum Gasteiger partial charge on any atom is 0.241 e. The maximum atomic E-state index is 11.8. The summed E-state index contributed by atoms with van der Waals surface area (Å²) in [5.41, 5.74) is 7.61. The summed E-state index contributed by atoms with van der Waals surface area (Å²) in [7, 11) is 0. The number of hydrogen-bond acceptors (Lipinski definition) is 4. The first kappa shape index (κ1) is 20.4. The van der Waals surface area contributed by atoms with Crippen LogP contribution < -0.4 is 11.1 Å². The standard InChI is InChI=1S/C14H19N5O.2ClH/c1-2-3-13(15)14(20)18-12-6-4-11(5-7-12)8-19-10-16-9-17-19;;/h4-7,9-10,13H,2-3,8,15H2,1H3,(H,18,20);2*1H. The van der Waals surface area contributed by atoms with Gasteiger partial charge >= 0.3 is 0 Å². The van der Waals surface area contributed by atoms with Gasteiger partial charge in [0, 0.05) is 5.69 Å². The number of halogens is 2. The number of aromatic nitrogens is 3. The second kappa shape index (κ2) is 10.2. The normalized spacial score (nSPS) is 11.0. The molecule has 0 aliphatic carbocycles. The number of anilines is 1. The monoisotopic (exact) mass is 345 g/mol. The lowest BCUT2D eigenvalue weighted by Crippen LogP contribution is -2.35. The first-order chi connectivity index (χ1) is 9.69. The van der Waals surface area contributed by atoms with Crippen LogP contribution in [0.15, 0.2) is 36.9 Å². The highest BCUT2D eigenvalue weighted by atomic mass is 35.5. The Kier molecular flexibility index (Phi) is 9.40. The van der Waals surface area contributed by atoms with Crippen LogP contribution in [0.3, 0.4) is 0 Å². The summed E-state index contributed by atoms with van der Waals surface area (Å²) in [5.74, 6) is -0.143. The highest BCUT2D eigenvalue weighted by Crippen LogP contribution is 2.11.